The van der Waals surface area contributed by atoms with E-state index in [4.69, 9.17) is 0 Å². The highest BCUT2D eigenvalue weighted by Gasteiger charge is 2.41. The molecule has 0 saturated carbocycles. The normalized spacial score (nSPS) is 21.7. The third-order valence-corrected chi connectivity index (χ3v) is 7.14. The highest BCUT2D eigenvalue weighted by molar-refractivity contribution is 5.87. The van der Waals surface area contributed by atoms with E-state index in [1.807, 2.05) is 0 Å². The Balaban J connectivity index is 1.64. The number of carboxylic acid groups (broad SMARTS) is 1. The number of benzene rings is 2. The van der Waals surface area contributed by atoms with Crippen LogP contribution in [0.5, 0.6) is 0 Å². The van der Waals surface area contributed by atoms with E-state index in [1.165, 1.54) is 52.7 Å². The van der Waals surface area contributed by atoms with E-state index in [9.17, 15) is 14.3 Å². The molecule has 0 amide bonds. The lowest BCUT2D eigenvalue weighted by Gasteiger charge is -2.33. The highest BCUT2D eigenvalue weighted by atomic mass is 19.1. The molecule has 3 heterocycles. The van der Waals surface area contributed by atoms with Gasteiger partial charge in [0.1, 0.15) is 5.82 Å². The van der Waals surface area contributed by atoms with Crippen LogP contribution in [0.4, 0.5) is 4.39 Å². The van der Waals surface area contributed by atoms with E-state index in [0.29, 0.717) is 18.6 Å². The van der Waals surface area contributed by atoms with Gasteiger partial charge in [0.2, 0.25) is 0 Å². The lowest BCUT2D eigenvalue weighted by Crippen LogP contribution is -2.35. The number of rotatable bonds is 5. The monoisotopic (exact) mass is 406 g/mol. The lowest BCUT2D eigenvalue weighted by atomic mass is 9.94. The molecule has 0 aliphatic carbocycles. The van der Waals surface area contributed by atoms with Crippen LogP contribution < -0.4 is 0 Å². The largest absolute Gasteiger partial charge is 0.481 e. The van der Waals surface area contributed by atoms with Gasteiger partial charge in [0.15, 0.2) is 0 Å². The minimum atomic E-state index is -0.828. The van der Waals surface area contributed by atoms with Gasteiger partial charge in [-0.2, -0.15) is 0 Å². The second-order valence-electron chi connectivity index (χ2n) is 8.95. The fourth-order valence-electron chi connectivity index (χ4n) is 5.63. The number of aryl methyl sites for hydroxylation is 1. The topological polar surface area (TPSA) is 45.5 Å². The van der Waals surface area contributed by atoms with Crippen LogP contribution in [0.3, 0.4) is 0 Å². The Kier molecular flexibility index (Phi) is 4.66. The SMILES string of the molecule is Cc1ccc2c(c1)c1c(n2CC(CC(=O)O)c2ccc(F)cc2)CC2CCC1N2C. The standard InChI is InChI=1S/C25H27FN2O2/c1-15-3-9-21-20(11-15)25-22-10-8-19(27(22)2)13-23(25)28(21)14-17(12-24(29)30)16-4-6-18(26)7-5-16/h3-7,9,11,17,19,22H,8,10,12-14H2,1-2H3,(H,29,30). The van der Waals surface area contributed by atoms with E-state index < -0.39 is 5.97 Å². The van der Waals surface area contributed by atoms with Crippen LogP contribution in [0.25, 0.3) is 10.9 Å². The molecule has 3 unspecified atom stereocenters. The van der Waals surface area contributed by atoms with E-state index in [0.717, 1.165) is 12.0 Å². The first-order valence-electron chi connectivity index (χ1n) is 10.7. The summed E-state index contributed by atoms with van der Waals surface area (Å²) in [5.41, 5.74) is 6.09. The van der Waals surface area contributed by atoms with Crippen molar-refractivity contribution >= 4 is 16.9 Å². The average Bonchev–Trinajstić information content (AvgIpc) is 3.11. The van der Waals surface area contributed by atoms with Crippen LogP contribution in [-0.4, -0.2) is 33.6 Å². The molecule has 1 saturated heterocycles. The van der Waals surface area contributed by atoms with E-state index >= 15 is 0 Å². The Hall–Kier alpha value is -2.66. The summed E-state index contributed by atoms with van der Waals surface area (Å²) in [4.78, 5) is 14.2. The maximum Gasteiger partial charge on any atom is 0.304 e. The Morgan fingerprint density at radius 2 is 1.97 bits per heavy atom. The minimum Gasteiger partial charge on any atom is -0.481 e. The molecule has 2 bridgehead atoms. The number of fused-ring (bicyclic) bond motifs is 6. The Bertz CT molecular complexity index is 1120. The second-order valence-corrected chi connectivity index (χ2v) is 8.95. The molecule has 3 aromatic rings. The number of carboxylic acids is 1. The molecule has 156 valence electrons. The highest BCUT2D eigenvalue weighted by Crippen LogP contribution is 2.47. The minimum absolute atomic E-state index is 0.0265. The third kappa shape index (κ3) is 3.12. The zero-order valence-corrected chi connectivity index (χ0v) is 17.4. The Labute approximate surface area is 175 Å². The number of aromatic nitrogens is 1. The van der Waals surface area contributed by atoms with Crippen molar-refractivity contribution in [1.82, 2.24) is 9.47 Å². The molecule has 0 spiro atoms. The molecule has 2 aliphatic heterocycles. The van der Waals surface area contributed by atoms with Gasteiger partial charge in [-0.3, -0.25) is 9.69 Å². The first kappa shape index (κ1) is 19.3. The Morgan fingerprint density at radius 1 is 1.20 bits per heavy atom. The van der Waals surface area contributed by atoms with Gasteiger partial charge in [-0.1, -0.05) is 23.8 Å². The maximum atomic E-state index is 13.5. The number of likely N-dealkylation sites (N-methyl/N-ethyl adjacent to an activating group) is 1. The molecule has 30 heavy (non-hydrogen) atoms. The van der Waals surface area contributed by atoms with Gasteiger partial charge in [-0.15, -0.1) is 0 Å². The zero-order chi connectivity index (χ0) is 21.0. The number of nitrogens with zero attached hydrogens (tertiary/aromatic N) is 2. The van der Waals surface area contributed by atoms with Crippen molar-refractivity contribution in [3.63, 3.8) is 0 Å². The van der Waals surface area contributed by atoms with Crippen LogP contribution in [0.15, 0.2) is 42.5 Å². The number of halogens is 1. The van der Waals surface area contributed by atoms with Crippen molar-refractivity contribution in [3.8, 4) is 0 Å². The molecular formula is C25H27FN2O2. The fraction of sp³-hybridized carbons (Fsp3) is 0.400. The molecule has 5 heteroatoms. The molecule has 4 nitrogen and oxygen atoms in total. The van der Waals surface area contributed by atoms with Crippen molar-refractivity contribution in [2.45, 2.75) is 57.2 Å². The fourth-order valence-corrected chi connectivity index (χ4v) is 5.63. The quantitative estimate of drug-likeness (QED) is 0.646. The van der Waals surface area contributed by atoms with Crippen molar-refractivity contribution in [3.05, 3.63) is 70.7 Å². The summed E-state index contributed by atoms with van der Waals surface area (Å²) >= 11 is 0. The first-order chi connectivity index (χ1) is 14.4. The summed E-state index contributed by atoms with van der Waals surface area (Å²) in [7, 11) is 2.23. The van der Waals surface area contributed by atoms with E-state index in [1.54, 1.807) is 12.1 Å². The van der Waals surface area contributed by atoms with Crippen LogP contribution in [-0.2, 0) is 17.8 Å². The number of hydrogen-bond acceptors (Lipinski definition) is 2. The van der Waals surface area contributed by atoms with Crippen LogP contribution >= 0.6 is 0 Å². The van der Waals surface area contributed by atoms with Gasteiger partial charge in [0.05, 0.1) is 6.42 Å². The molecule has 1 N–H and O–H groups in total. The van der Waals surface area contributed by atoms with Gasteiger partial charge in [-0.25, -0.2) is 4.39 Å². The first-order valence-corrected chi connectivity index (χ1v) is 10.7. The summed E-state index contributed by atoms with van der Waals surface area (Å²) in [5.74, 6) is -1.33. The van der Waals surface area contributed by atoms with E-state index in [-0.39, 0.29) is 18.2 Å². The molecule has 2 aliphatic rings. The van der Waals surface area contributed by atoms with Gasteiger partial charge >= 0.3 is 5.97 Å². The average molecular weight is 407 g/mol. The van der Waals surface area contributed by atoms with Crippen molar-refractivity contribution < 1.29 is 14.3 Å². The number of carbonyl (C=O) groups is 1. The van der Waals surface area contributed by atoms with Gasteiger partial charge < -0.3 is 9.67 Å². The Morgan fingerprint density at radius 3 is 2.70 bits per heavy atom. The molecule has 5 rings (SSSR count). The van der Waals surface area contributed by atoms with Crippen LogP contribution in [0.2, 0.25) is 0 Å². The predicted octanol–water partition coefficient (Wildman–Crippen LogP) is 5.04. The van der Waals surface area contributed by atoms with Gasteiger partial charge in [0.25, 0.3) is 0 Å². The van der Waals surface area contributed by atoms with Crippen molar-refractivity contribution in [2.24, 2.45) is 0 Å². The summed E-state index contributed by atoms with van der Waals surface area (Å²) in [6.45, 7) is 2.72. The smallest absolute Gasteiger partial charge is 0.304 e. The van der Waals surface area contributed by atoms with Crippen molar-refractivity contribution in [2.75, 3.05) is 7.05 Å². The van der Waals surface area contributed by atoms with Crippen molar-refractivity contribution in [1.29, 1.82) is 0 Å². The summed E-state index contributed by atoms with van der Waals surface area (Å²) in [6.07, 6.45) is 3.41. The number of aliphatic carboxylic acids is 1. The van der Waals surface area contributed by atoms with Crippen LogP contribution in [0.1, 0.15) is 53.6 Å². The molecule has 1 aromatic heterocycles. The maximum absolute atomic E-state index is 13.5. The summed E-state index contributed by atoms with van der Waals surface area (Å²) < 4.78 is 15.8. The molecule has 0 radical (unpaired) electrons. The van der Waals surface area contributed by atoms with Gasteiger partial charge in [0, 0.05) is 47.6 Å². The van der Waals surface area contributed by atoms with Crippen LogP contribution in [0, 0.1) is 12.7 Å². The van der Waals surface area contributed by atoms with Gasteiger partial charge in [-0.05, 0) is 62.2 Å². The second kappa shape index (κ2) is 7.24. The predicted molar refractivity (Wildman–Crippen MR) is 115 cm³/mol. The third-order valence-electron chi connectivity index (χ3n) is 7.14. The summed E-state index contributed by atoms with van der Waals surface area (Å²) in [5, 5.41) is 10.9. The molecule has 1 fully saturated rings. The zero-order valence-electron chi connectivity index (χ0n) is 17.4. The number of hydrogen-bond donors (Lipinski definition) is 1. The summed E-state index contributed by atoms with van der Waals surface area (Å²) in [6, 6.07) is 13.9. The molecule has 3 atom stereocenters. The lowest BCUT2D eigenvalue weighted by molar-refractivity contribution is -0.137. The van der Waals surface area contributed by atoms with E-state index in [2.05, 4.69) is 41.6 Å². The molecular weight excluding hydrogens is 379 g/mol. The molecule has 2 aromatic carbocycles.